The van der Waals surface area contributed by atoms with Gasteiger partial charge in [-0.15, -0.1) is 24.7 Å². The summed E-state index contributed by atoms with van der Waals surface area (Å²) in [4.78, 5) is 22.5. The third kappa shape index (κ3) is 2.75. The summed E-state index contributed by atoms with van der Waals surface area (Å²) in [6.07, 6.45) is 9.98. The van der Waals surface area contributed by atoms with Crippen molar-refractivity contribution >= 4 is 11.9 Å². The van der Waals surface area contributed by atoms with Crippen LogP contribution in [0, 0.1) is 30.1 Å². The van der Waals surface area contributed by atoms with E-state index in [0.717, 1.165) is 7.11 Å². The maximum Gasteiger partial charge on any atom is 0.324 e. The fourth-order valence-electron chi connectivity index (χ4n) is 1.19. The zero-order chi connectivity index (χ0) is 11.9. The summed E-state index contributed by atoms with van der Waals surface area (Å²) in [5, 5.41) is 9.02. The summed E-state index contributed by atoms with van der Waals surface area (Å²) in [6.45, 7) is 0. The van der Waals surface area contributed by atoms with Crippen LogP contribution in [0.25, 0.3) is 0 Å². The van der Waals surface area contributed by atoms with Crippen LogP contribution in [0.5, 0.6) is 0 Å². The minimum Gasteiger partial charge on any atom is -0.480 e. The molecule has 4 nitrogen and oxygen atoms in total. The lowest BCUT2D eigenvalue weighted by atomic mass is 9.80. The molecular formula is C11H12O4. The highest BCUT2D eigenvalue weighted by Gasteiger charge is 2.46. The second-order valence-corrected chi connectivity index (χ2v) is 2.96. The van der Waals surface area contributed by atoms with Gasteiger partial charge in [-0.25, -0.2) is 0 Å². The van der Waals surface area contributed by atoms with Crippen LogP contribution < -0.4 is 0 Å². The predicted molar refractivity (Wildman–Crippen MR) is 53.6 cm³/mol. The van der Waals surface area contributed by atoms with E-state index < -0.39 is 17.4 Å². The first-order valence-electron chi connectivity index (χ1n) is 4.24. The first-order valence-corrected chi connectivity index (χ1v) is 4.24. The van der Waals surface area contributed by atoms with Gasteiger partial charge in [0, 0.05) is 12.8 Å². The van der Waals surface area contributed by atoms with E-state index in [1.165, 1.54) is 0 Å². The number of carbonyl (C=O) groups is 2. The molecule has 15 heavy (non-hydrogen) atoms. The molecule has 0 spiro atoms. The molecule has 0 aromatic carbocycles. The molecule has 0 saturated heterocycles. The Morgan fingerprint density at radius 2 is 2.00 bits per heavy atom. The summed E-state index contributed by atoms with van der Waals surface area (Å²) in [5.74, 6) is 2.28. The molecule has 0 radical (unpaired) electrons. The van der Waals surface area contributed by atoms with Crippen LogP contribution >= 0.6 is 0 Å². The molecule has 80 valence electrons. The van der Waals surface area contributed by atoms with Crippen molar-refractivity contribution in [3.05, 3.63) is 0 Å². The average Bonchev–Trinajstić information content (AvgIpc) is 2.22. The fourth-order valence-corrected chi connectivity index (χ4v) is 1.19. The highest BCUT2D eigenvalue weighted by Crippen LogP contribution is 2.29. The minimum atomic E-state index is -1.71. The van der Waals surface area contributed by atoms with Crippen LogP contribution in [0.15, 0.2) is 0 Å². The van der Waals surface area contributed by atoms with Gasteiger partial charge in [-0.05, 0) is 6.42 Å². The highest BCUT2D eigenvalue weighted by atomic mass is 16.5. The number of esters is 1. The van der Waals surface area contributed by atoms with Gasteiger partial charge in [-0.3, -0.25) is 9.59 Å². The van der Waals surface area contributed by atoms with E-state index >= 15 is 0 Å². The van der Waals surface area contributed by atoms with Crippen molar-refractivity contribution < 1.29 is 19.4 Å². The molecule has 0 heterocycles. The molecule has 0 saturated carbocycles. The van der Waals surface area contributed by atoms with Crippen molar-refractivity contribution in [1.82, 2.24) is 0 Å². The second kappa shape index (κ2) is 5.72. The van der Waals surface area contributed by atoms with Gasteiger partial charge >= 0.3 is 11.9 Å². The van der Waals surface area contributed by atoms with E-state index in [2.05, 4.69) is 16.6 Å². The van der Waals surface area contributed by atoms with E-state index in [-0.39, 0.29) is 19.3 Å². The number of ether oxygens (including phenoxy) is 1. The van der Waals surface area contributed by atoms with Crippen molar-refractivity contribution in [1.29, 1.82) is 0 Å². The smallest absolute Gasteiger partial charge is 0.324 e. The lowest BCUT2D eigenvalue weighted by Gasteiger charge is -2.23. The monoisotopic (exact) mass is 208 g/mol. The van der Waals surface area contributed by atoms with Gasteiger partial charge in [0.2, 0.25) is 0 Å². The molecule has 0 aromatic rings. The third-order valence-corrected chi connectivity index (χ3v) is 2.09. The van der Waals surface area contributed by atoms with Gasteiger partial charge in [0.15, 0.2) is 5.41 Å². The SMILES string of the molecule is C#CCCC(CC#C)(C(=O)O)C(=O)OC. The number of carboxylic acids is 1. The number of carboxylic acid groups (broad SMARTS) is 1. The van der Waals surface area contributed by atoms with Crippen molar-refractivity contribution in [3.63, 3.8) is 0 Å². The van der Waals surface area contributed by atoms with E-state index in [1.807, 2.05) is 0 Å². The number of carbonyl (C=O) groups excluding carboxylic acids is 1. The Bertz CT molecular complexity index is 331. The molecule has 1 N–H and O–H groups in total. The second-order valence-electron chi connectivity index (χ2n) is 2.96. The maximum absolute atomic E-state index is 11.4. The number of terminal acetylenes is 2. The molecule has 0 aliphatic carbocycles. The van der Waals surface area contributed by atoms with Gasteiger partial charge in [-0.1, -0.05) is 0 Å². The van der Waals surface area contributed by atoms with Gasteiger partial charge in [-0.2, -0.15) is 0 Å². The minimum absolute atomic E-state index is 0.0181. The Morgan fingerprint density at radius 1 is 1.40 bits per heavy atom. The van der Waals surface area contributed by atoms with Gasteiger partial charge < -0.3 is 9.84 Å². The Hall–Kier alpha value is -1.94. The van der Waals surface area contributed by atoms with Crippen LogP contribution in [0.1, 0.15) is 19.3 Å². The molecule has 0 amide bonds. The zero-order valence-electron chi connectivity index (χ0n) is 8.45. The summed E-state index contributed by atoms with van der Waals surface area (Å²) < 4.78 is 4.44. The Kier molecular flexibility index (Phi) is 4.98. The predicted octanol–water partition coefficient (Wildman–Crippen LogP) is 0.667. The summed E-state index contributed by atoms with van der Waals surface area (Å²) in [5.41, 5.74) is -1.71. The summed E-state index contributed by atoms with van der Waals surface area (Å²) in [6, 6.07) is 0. The molecule has 0 bridgehead atoms. The molecule has 4 heteroatoms. The van der Waals surface area contributed by atoms with E-state index in [0.29, 0.717) is 0 Å². The maximum atomic E-state index is 11.4. The molecule has 0 rings (SSSR count). The van der Waals surface area contributed by atoms with Crippen LogP contribution in [0.3, 0.4) is 0 Å². The third-order valence-electron chi connectivity index (χ3n) is 2.09. The van der Waals surface area contributed by atoms with Gasteiger partial charge in [0.05, 0.1) is 7.11 Å². The van der Waals surface area contributed by atoms with Gasteiger partial charge in [0.25, 0.3) is 0 Å². The van der Waals surface area contributed by atoms with E-state index in [4.69, 9.17) is 18.0 Å². The Balaban J connectivity index is 5.10. The molecule has 0 aromatic heterocycles. The van der Waals surface area contributed by atoms with Crippen LogP contribution in [0.4, 0.5) is 0 Å². The summed E-state index contributed by atoms with van der Waals surface area (Å²) in [7, 11) is 1.12. The lowest BCUT2D eigenvalue weighted by Crippen LogP contribution is -2.40. The molecular weight excluding hydrogens is 196 g/mol. The van der Waals surface area contributed by atoms with Gasteiger partial charge in [0.1, 0.15) is 0 Å². The number of hydrogen-bond donors (Lipinski definition) is 1. The first-order chi connectivity index (χ1) is 7.05. The number of rotatable bonds is 5. The average molecular weight is 208 g/mol. The summed E-state index contributed by atoms with van der Waals surface area (Å²) >= 11 is 0. The normalized spacial score (nSPS) is 13.0. The molecule has 1 atom stereocenters. The zero-order valence-corrected chi connectivity index (χ0v) is 8.45. The van der Waals surface area contributed by atoms with Crippen molar-refractivity contribution in [2.75, 3.05) is 7.11 Å². The van der Waals surface area contributed by atoms with Crippen LogP contribution in [0.2, 0.25) is 0 Å². The van der Waals surface area contributed by atoms with E-state index in [1.54, 1.807) is 0 Å². The fraction of sp³-hybridized carbons (Fsp3) is 0.455. The Morgan fingerprint density at radius 3 is 2.33 bits per heavy atom. The van der Waals surface area contributed by atoms with Crippen LogP contribution in [-0.4, -0.2) is 24.2 Å². The lowest BCUT2D eigenvalue weighted by molar-refractivity contribution is -0.167. The van der Waals surface area contributed by atoms with Crippen molar-refractivity contribution in [2.45, 2.75) is 19.3 Å². The highest BCUT2D eigenvalue weighted by molar-refractivity contribution is 5.99. The first kappa shape index (κ1) is 13.1. The van der Waals surface area contributed by atoms with E-state index in [9.17, 15) is 9.59 Å². The number of methoxy groups -OCH3 is 1. The molecule has 0 aliphatic heterocycles. The molecule has 1 unspecified atom stereocenters. The quantitative estimate of drug-likeness (QED) is 0.409. The van der Waals surface area contributed by atoms with Crippen molar-refractivity contribution in [2.24, 2.45) is 5.41 Å². The standard InChI is InChI=1S/C11H12O4/c1-4-6-8-11(7-5-2,9(12)13)10(14)15-3/h1-2H,6-8H2,3H3,(H,12,13). The number of hydrogen-bond acceptors (Lipinski definition) is 3. The molecule has 0 aliphatic rings. The van der Waals surface area contributed by atoms with Crippen LogP contribution in [-0.2, 0) is 14.3 Å². The topological polar surface area (TPSA) is 63.6 Å². The number of aliphatic carboxylic acids is 1. The molecule has 0 fully saturated rings. The Labute approximate surface area is 88.6 Å². The largest absolute Gasteiger partial charge is 0.480 e. The van der Waals surface area contributed by atoms with Crippen molar-refractivity contribution in [3.8, 4) is 24.7 Å².